The molecular weight excluding hydrogens is 310 g/mol. The molecular formula is C15H14ClNO5. The SMILES string of the molecule is CC1CC(=O)C(C(=O)c2ccc(Cl)cc2[N+](=O)[O-])C(=O)C1C. The number of benzene rings is 1. The van der Waals surface area contributed by atoms with E-state index in [1.54, 1.807) is 13.8 Å². The van der Waals surface area contributed by atoms with Crippen molar-refractivity contribution in [3.05, 3.63) is 38.9 Å². The number of halogens is 1. The Labute approximate surface area is 131 Å². The van der Waals surface area contributed by atoms with Crippen molar-refractivity contribution in [1.82, 2.24) is 0 Å². The molecule has 1 aromatic carbocycles. The van der Waals surface area contributed by atoms with Gasteiger partial charge < -0.3 is 0 Å². The van der Waals surface area contributed by atoms with Crippen molar-refractivity contribution in [1.29, 1.82) is 0 Å². The van der Waals surface area contributed by atoms with Gasteiger partial charge in [0.05, 0.1) is 10.5 Å². The predicted molar refractivity (Wildman–Crippen MR) is 78.9 cm³/mol. The van der Waals surface area contributed by atoms with Crippen LogP contribution in [-0.2, 0) is 9.59 Å². The van der Waals surface area contributed by atoms with E-state index < -0.39 is 39.8 Å². The molecule has 0 amide bonds. The van der Waals surface area contributed by atoms with Gasteiger partial charge >= 0.3 is 0 Å². The molecule has 0 spiro atoms. The highest BCUT2D eigenvalue weighted by Crippen LogP contribution is 2.32. The Balaban J connectivity index is 2.46. The van der Waals surface area contributed by atoms with Gasteiger partial charge in [-0.05, 0) is 18.1 Å². The van der Waals surface area contributed by atoms with Gasteiger partial charge in [-0.1, -0.05) is 25.4 Å². The number of carbonyl (C=O) groups is 3. The highest BCUT2D eigenvalue weighted by molar-refractivity contribution is 6.31. The Morgan fingerprint density at radius 1 is 1.32 bits per heavy atom. The molecule has 6 nitrogen and oxygen atoms in total. The van der Waals surface area contributed by atoms with E-state index in [4.69, 9.17) is 11.6 Å². The molecule has 0 heterocycles. The second-order valence-electron chi connectivity index (χ2n) is 5.55. The van der Waals surface area contributed by atoms with Gasteiger partial charge in [-0.3, -0.25) is 24.5 Å². The smallest absolute Gasteiger partial charge is 0.281 e. The molecule has 1 fully saturated rings. The molecule has 116 valence electrons. The second-order valence-corrected chi connectivity index (χ2v) is 5.99. The summed E-state index contributed by atoms with van der Waals surface area (Å²) in [6.45, 7) is 3.43. The Bertz CT molecular complexity index is 685. The summed E-state index contributed by atoms with van der Waals surface area (Å²) in [7, 11) is 0. The molecule has 1 aromatic rings. The minimum absolute atomic E-state index is 0.103. The maximum absolute atomic E-state index is 12.5. The van der Waals surface area contributed by atoms with Crippen LogP contribution >= 0.6 is 11.6 Å². The highest BCUT2D eigenvalue weighted by atomic mass is 35.5. The van der Waals surface area contributed by atoms with Gasteiger partial charge in [0.1, 0.15) is 5.92 Å². The quantitative estimate of drug-likeness (QED) is 0.369. The molecule has 1 saturated carbocycles. The third kappa shape index (κ3) is 2.78. The summed E-state index contributed by atoms with van der Waals surface area (Å²) >= 11 is 5.70. The van der Waals surface area contributed by atoms with Crippen molar-refractivity contribution in [2.24, 2.45) is 17.8 Å². The number of carbonyl (C=O) groups excluding carboxylic acids is 3. The lowest BCUT2D eigenvalue weighted by Crippen LogP contribution is -2.43. The van der Waals surface area contributed by atoms with E-state index in [1.807, 2.05) is 0 Å². The lowest BCUT2D eigenvalue weighted by atomic mass is 9.71. The standard InChI is InChI=1S/C15H14ClNO5/c1-7-5-12(18)13(14(19)8(7)2)15(20)10-4-3-9(16)6-11(10)17(21)22/h3-4,6-8,13H,5H2,1-2H3. The van der Waals surface area contributed by atoms with E-state index in [-0.39, 0.29) is 22.9 Å². The number of nitro groups is 1. The van der Waals surface area contributed by atoms with Gasteiger partial charge in [-0.15, -0.1) is 0 Å². The van der Waals surface area contributed by atoms with E-state index >= 15 is 0 Å². The summed E-state index contributed by atoms with van der Waals surface area (Å²) in [5.74, 6) is -3.80. The topological polar surface area (TPSA) is 94.3 Å². The lowest BCUT2D eigenvalue weighted by Gasteiger charge is -2.28. The number of hydrogen-bond acceptors (Lipinski definition) is 5. The Morgan fingerprint density at radius 2 is 1.95 bits per heavy atom. The molecule has 2 rings (SSSR count). The van der Waals surface area contributed by atoms with Gasteiger partial charge in [0.25, 0.3) is 5.69 Å². The van der Waals surface area contributed by atoms with Crippen molar-refractivity contribution in [2.75, 3.05) is 0 Å². The summed E-state index contributed by atoms with van der Waals surface area (Å²) < 4.78 is 0. The molecule has 0 radical (unpaired) electrons. The number of ketones is 3. The predicted octanol–water partition coefficient (Wildman–Crippen LogP) is 2.86. The first-order valence-corrected chi connectivity index (χ1v) is 7.16. The number of nitro benzene ring substituents is 1. The molecule has 22 heavy (non-hydrogen) atoms. The van der Waals surface area contributed by atoms with Crippen molar-refractivity contribution < 1.29 is 19.3 Å². The summed E-state index contributed by atoms with van der Waals surface area (Å²) in [6, 6.07) is 3.55. The van der Waals surface area contributed by atoms with Gasteiger partial charge in [0.2, 0.25) is 0 Å². The zero-order valence-corrected chi connectivity index (χ0v) is 12.8. The van der Waals surface area contributed by atoms with Gasteiger partial charge in [0, 0.05) is 23.4 Å². The van der Waals surface area contributed by atoms with Crippen LogP contribution in [-0.4, -0.2) is 22.3 Å². The average Bonchev–Trinajstić information content (AvgIpc) is 2.44. The number of nitrogens with zero attached hydrogens (tertiary/aromatic N) is 1. The fourth-order valence-corrected chi connectivity index (χ4v) is 2.78. The molecule has 1 aliphatic rings. The van der Waals surface area contributed by atoms with E-state index in [0.29, 0.717) is 0 Å². The maximum Gasteiger partial charge on any atom is 0.281 e. The molecule has 7 heteroatoms. The molecule has 1 aliphatic carbocycles. The lowest BCUT2D eigenvalue weighted by molar-refractivity contribution is -0.385. The molecule has 0 bridgehead atoms. The summed E-state index contributed by atoms with van der Waals surface area (Å²) in [4.78, 5) is 47.2. The van der Waals surface area contributed by atoms with Gasteiger partial charge in [-0.25, -0.2) is 0 Å². The van der Waals surface area contributed by atoms with Crippen LogP contribution in [0.1, 0.15) is 30.6 Å². The molecule has 0 N–H and O–H groups in total. The van der Waals surface area contributed by atoms with Crippen LogP contribution < -0.4 is 0 Å². The van der Waals surface area contributed by atoms with Crippen LogP contribution in [0.5, 0.6) is 0 Å². The van der Waals surface area contributed by atoms with Gasteiger partial charge in [-0.2, -0.15) is 0 Å². The third-order valence-corrected chi connectivity index (χ3v) is 4.35. The van der Waals surface area contributed by atoms with Crippen LogP contribution in [0.3, 0.4) is 0 Å². The maximum atomic E-state index is 12.5. The average molecular weight is 324 g/mol. The molecule has 0 aliphatic heterocycles. The van der Waals surface area contributed by atoms with Crippen molar-refractivity contribution in [3.63, 3.8) is 0 Å². The Hall–Kier alpha value is -2.08. The fourth-order valence-electron chi connectivity index (χ4n) is 2.61. The largest absolute Gasteiger partial charge is 0.298 e. The van der Waals surface area contributed by atoms with Crippen LogP contribution in [0, 0.1) is 27.9 Å². The molecule has 3 atom stereocenters. The normalized spacial score (nSPS) is 25.1. The van der Waals surface area contributed by atoms with E-state index in [2.05, 4.69) is 0 Å². The molecule has 0 aromatic heterocycles. The van der Waals surface area contributed by atoms with E-state index in [9.17, 15) is 24.5 Å². The van der Waals surface area contributed by atoms with Gasteiger partial charge in [0.15, 0.2) is 17.3 Å². The Kier molecular flexibility index (Phi) is 4.42. The van der Waals surface area contributed by atoms with Crippen LogP contribution in [0.15, 0.2) is 18.2 Å². The second kappa shape index (κ2) is 5.96. The Morgan fingerprint density at radius 3 is 2.55 bits per heavy atom. The van der Waals surface area contributed by atoms with E-state index in [1.165, 1.54) is 12.1 Å². The third-order valence-electron chi connectivity index (χ3n) is 4.12. The number of Topliss-reactive ketones (excluding diaryl/α,β-unsaturated/α-hetero) is 3. The fraction of sp³-hybridized carbons (Fsp3) is 0.400. The summed E-state index contributed by atoms with van der Waals surface area (Å²) in [5, 5.41) is 11.2. The van der Waals surface area contributed by atoms with Crippen molar-refractivity contribution in [3.8, 4) is 0 Å². The highest BCUT2D eigenvalue weighted by Gasteiger charge is 2.44. The monoisotopic (exact) mass is 323 g/mol. The minimum atomic E-state index is -1.45. The first kappa shape index (κ1) is 16.3. The zero-order chi connectivity index (χ0) is 16.6. The summed E-state index contributed by atoms with van der Waals surface area (Å²) in [6.07, 6.45) is 0.116. The van der Waals surface area contributed by atoms with E-state index in [0.717, 1.165) is 6.07 Å². The number of hydrogen-bond donors (Lipinski definition) is 0. The minimum Gasteiger partial charge on any atom is -0.298 e. The first-order valence-electron chi connectivity index (χ1n) is 6.78. The van der Waals surface area contributed by atoms with Crippen molar-refractivity contribution in [2.45, 2.75) is 20.3 Å². The number of rotatable bonds is 3. The molecule has 3 unspecified atom stereocenters. The molecule has 0 saturated heterocycles. The van der Waals surface area contributed by atoms with Crippen LogP contribution in [0.4, 0.5) is 5.69 Å². The van der Waals surface area contributed by atoms with Crippen molar-refractivity contribution >= 4 is 34.6 Å². The zero-order valence-electron chi connectivity index (χ0n) is 12.0. The van der Waals surface area contributed by atoms with Crippen LogP contribution in [0.25, 0.3) is 0 Å². The summed E-state index contributed by atoms with van der Waals surface area (Å²) in [5.41, 5.74) is -0.757. The first-order chi connectivity index (χ1) is 10.2. The van der Waals surface area contributed by atoms with Crippen LogP contribution in [0.2, 0.25) is 5.02 Å².